The molecule has 2 amide bonds. The molecule has 170 valence electrons. The van der Waals surface area contributed by atoms with Crippen LogP contribution >= 0.6 is 0 Å². The maximum absolute atomic E-state index is 13.2. The van der Waals surface area contributed by atoms with E-state index >= 15 is 0 Å². The fraction of sp³-hybridized carbons (Fsp3) is 0.200. The first-order chi connectivity index (χ1) is 16.5. The van der Waals surface area contributed by atoms with Crippen molar-refractivity contribution in [2.75, 3.05) is 19.6 Å². The number of nitrogens with one attached hydrogen (secondary N) is 1. The predicted molar refractivity (Wildman–Crippen MR) is 125 cm³/mol. The van der Waals surface area contributed by atoms with E-state index in [1.165, 1.54) is 11.1 Å². The number of piperazine rings is 1. The Morgan fingerprint density at radius 3 is 2.56 bits per heavy atom. The van der Waals surface area contributed by atoms with E-state index in [9.17, 15) is 14.4 Å². The van der Waals surface area contributed by atoms with Crippen LogP contribution in [0, 0.1) is 0 Å². The molecule has 4 heterocycles. The summed E-state index contributed by atoms with van der Waals surface area (Å²) in [4.78, 5) is 58.2. The quantitative estimate of drug-likeness (QED) is 0.375. The Morgan fingerprint density at radius 1 is 1.00 bits per heavy atom. The second-order valence-electron chi connectivity index (χ2n) is 8.17. The molecule has 0 saturated carbocycles. The number of aromatic amines is 1. The Bertz CT molecular complexity index is 1370. The number of rotatable bonds is 4. The molecule has 0 unspecified atom stereocenters. The van der Waals surface area contributed by atoms with Gasteiger partial charge in [-0.05, 0) is 25.1 Å². The third-order valence-electron chi connectivity index (χ3n) is 6.04. The number of carbonyl (C=O) groups excluding carboxylic acids is 3. The van der Waals surface area contributed by atoms with Crippen LogP contribution in [0.25, 0.3) is 22.3 Å². The number of ketones is 1. The zero-order chi connectivity index (χ0) is 23.7. The lowest BCUT2D eigenvalue weighted by atomic mass is 10.1. The van der Waals surface area contributed by atoms with Gasteiger partial charge in [0, 0.05) is 61.6 Å². The van der Waals surface area contributed by atoms with Crippen molar-refractivity contribution in [2.24, 2.45) is 0 Å². The first-order valence-corrected chi connectivity index (χ1v) is 11.0. The number of carbonyl (C=O) groups is 3. The van der Waals surface area contributed by atoms with Gasteiger partial charge in [0.25, 0.3) is 17.6 Å². The summed E-state index contributed by atoms with van der Waals surface area (Å²) in [6, 6.07) is 10.5. The largest absolute Gasteiger partial charge is 0.359 e. The smallest absolute Gasteiger partial charge is 0.295 e. The number of nitrogens with zero attached hydrogens (tertiary/aromatic N) is 5. The molecule has 1 saturated heterocycles. The van der Waals surface area contributed by atoms with E-state index in [0.717, 1.165) is 5.56 Å². The number of pyridine rings is 1. The number of Topliss-reactive ketones (excluding diaryl/α,β-unsaturated/α-hetero) is 1. The van der Waals surface area contributed by atoms with E-state index in [2.05, 4.69) is 19.9 Å². The molecular formula is C25H22N6O3. The predicted octanol–water partition coefficient (Wildman–Crippen LogP) is 2.58. The van der Waals surface area contributed by atoms with Crippen LogP contribution in [0.15, 0.2) is 67.4 Å². The fourth-order valence-corrected chi connectivity index (χ4v) is 4.30. The molecule has 1 fully saturated rings. The second-order valence-corrected chi connectivity index (χ2v) is 8.17. The summed E-state index contributed by atoms with van der Waals surface area (Å²) in [5.74, 6) is -1.32. The number of fused-ring (bicyclic) bond motifs is 1. The Balaban J connectivity index is 1.35. The number of aromatic nitrogens is 4. The molecular weight excluding hydrogens is 432 g/mol. The third kappa shape index (κ3) is 3.81. The van der Waals surface area contributed by atoms with Crippen LogP contribution in [-0.2, 0) is 4.79 Å². The number of amides is 2. The van der Waals surface area contributed by atoms with Gasteiger partial charge in [-0.15, -0.1) is 0 Å². The van der Waals surface area contributed by atoms with Gasteiger partial charge < -0.3 is 14.8 Å². The molecule has 1 aliphatic rings. The summed E-state index contributed by atoms with van der Waals surface area (Å²) in [6.45, 7) is 2.84. The van der Waals surface area contributed by atoms with Crippen molar-refractivity contribution in [1.29, 1.82) is 0 Å². The van der Waals surface area contributed by atoms with Crippen molar-refractivity contribution >= 4 is 28.6 Å². The maximum Gasteiger partial charge on any atom is 0.295 e. The molecule has 0 spiro atoms. The normalized spacial score (nSPS) is 16.0. The topological polar surface area (TPSA) is 112 Å². The number of H-pyrrole nitrogens is 1. The number of hydrogen-bond donors (Lipinski definition) is 1. The van der Waals surface area contributed by atoms with E-state index in [1.54, 1.807) is 47.9 Å². The standard InChI is InChI=1S/C25H22N6O3/c1-16-15-30(24(33)17-5-3-2-4-6-17)11-12-31(16)25(34)23(32)19-13-29-21-18(7-8-28-22(19)21)20-14-26-9-10-27-20/h2-10,13-14,16,29H,11-12,15H2,1H3/t16-/m0/s1. The highest BCUT2D eigenvalue weighted by molar-refractivity contribution is 6.44. The summed E-state index contributed by atoms with van der Waals surface area (Å²) >= 11 is 0. The Morgan fingerprint density at radius 2 is 1.82 bits per heavy atom. The molecule has 9 heteroatoms. The van der Waals surface area contributed by atoms with Crippen molar-refractivity contribution in [1.82, 2.24) is 29.7 Å². The van der Waals surface area contributed by atoms with Gasteiger partial charge in [-0.2, -0.15) is 0 Å². The van der Waals surface area contributed by atoms with E-state index in [4.69, 9.17) is 0 Å². The molecule has 3 aromatic heterocycles. The SMILES string of the molecule is C[C@H]1CN(C(=O)c2ccccc2)CCN1C(=O)C(=O)c1c[nH]c2c(-c3cnccn3)ccnc12. The number of hydrogen-bond acceptors (Lipinski definition) is 6. The van der Waals surface area contributed by atoms with Crippen LogP contribution in [0.3, 0.4) is 0 Å². The third-order valence-corrected chi connectivity index (χ3v) is 6.04. The van der Waals surface area contributed by atoms with Gasteiger partial charge >= 0.3 is 0 Å². The molecule has 1 atom stereocenters. The van der Waals surface area contributed by atoms with Gasteiger partial charge in [0.05, 0.1) is 28.5 Å². The summed E-state index contributed by atoms with van der Waals surface area (Å²) in [5, 5.41) is 0. The Kier molecular flexibility index (Phi) is 5.59. The Hall–Kier alpha value is -4.40. The Labute approximate surface area is 195 Å². The highest BCUT2D eigenvalue weighted by Crippen LogP contribution is 2.27. The summed E-state index contributed by atoms with van der Waals surface area (Å²) in [7, 11) is 0. The molecule has 1 aromatic carbocycles. The lowest BCUT2D eigenvalue weighted by Crippen LogP contribution is -2.56. The van der Waals surface area contributed by atoms with Gasteiger partial charge in [0.15, 0.2) is 0 Å². The fourth-order valence-electron chi connectivity index (χ4n) is 4.30. The summed E-state index contributed by atoms with van der Waals surface area (Å²) in [6.07, 6.45) is 7.89. The maximum atomic E-state index is 13.2. The van der Waals surface area contributed by atoms with Gasteiger partial charge in [0.1, 0.15) is 0 Å². The van der Waals surface area contributed by atoms with Crippen LogP contribution in [0.5, 0.6) is 0 Å². The molecule has 4 aromatic rings. The van der Waals surface area contributed by atoms with Gasteiger partial charge in [-0.1, -0.05) is 18.2 Å². The average Bonchev–Trinajstić information content (AvgIpc) is 3.33. The van der Waals surface area contributed by atoms with Crippen LogP contribution < -0.4 is 0 Å². The molecule has 0 bridgehead atoms. The average molecular weight is 454 g/mol. The molecule has 1 aliphatic heterocycles. The first-order valence-electron chi connectivity index (χ1n) is 11.0. The van der Waals surface area contributed by atoms with Crippen LogP contribution in [0.4, 0.5) is 0 Å². The lowest BCUT2D eigenvalue weighted by Gasteiger charge is -2.39. The zero-order valence-electron chi connectivity index (χ0n) is 18.5. The van der Waals surface area contributed by atoms with Crippen LogP contribution in [0.1, 0.15) is 27.6 Å². The zero-order valence-corrected chi connectivity index (χ0v) is 18.5. The highest BCUT2D eigenvalue weighted by atomic mass is 16.2. The minimum atomic E-state index is -0.635. The van der Waals surface area contributed by atoms with Gasteiger partial charge in [-0.25, -0.2) is 0 Å². The summed E-state index contributed by atoms with van der Waals surface area (Å²) < 4.78 is 0. The second kappa shape index (κ2) is 8.86. The molecule has 34 heavy (non-hydrogen) atoms. The van der Waals surface area contributed by atoms with E-state index in [-0.39, 0.29) is 24.1 Å². The molecule has 0 radical (unpaired) electrons. The van der Waals surface area contributed by atoms with Crippen molar-refractivity contribution in [3.05, 3.63) is 78.5 Å². The van der Waals surface area contributed by atoms with Crippen molar-refractivity contribution < 1.29 is 14.4 Å². The van der Waals surface area contributed by atoms with E-state index < -0.39 is 11.7 Å². The van der Waals surface area contributed by atoms with Crippen LogP contribution in [-0.4, -0.2) is 73.0 Å². The van der Waals surface area contributed by atoms with Crippen molar-refractivity contribution in [3.8, 4) is 11.3 Å². The highest BCUT2D eigenvalue weighted by Gasteiger charge is 2.34. The van der Waals surface area contributed by atoms with E-state index in [0.29, 0.717) is 35.4 Å². The first kappa shape index (κ1) is 21.4. The molecule has 1 N–H and O–H groups in total. The minimum Gasteiger partial charge on any atom is -0.359 e. The van der Waals surface area contributed by atoms with Crippen molar-refractivity contribution in [3.63, 3.8) is 0 Å². The molecule has 0 aliphatic carbocycles. The summed E-state index contributed by atoms with van der Waals surface area (Å²) in [5.41, 5.74) is 3.22. The lowest BCUT2D eigenvalue weighted by molar-refractivity contribution is -0.130. The van der Waals surface area contributed by atoms with Crippen LogP contribution in [0.2, 0.25) is 0 Å². The van der Waals surface area contributed by atoms with E-state index in [1.807, 2.05) is 25.1 Å². The molecule has 9 nitrogen and oxygen atoms in total. The minimum absolute atomic E-state index is 0.0803. The van der Waals surface area contributed by atoms with Gasteiger partial charge in [0.2, 0.25) is 0 Å². The number of benzene rings is 1. The van der Waals surface area contributed by atoms with Gasteiger partial charge in [-0.3, -0.25) is 29.3 Å². The molecule has 5 rings (SSSR count). The monoisotopic (exact) mass is 454 g/mol. The van der Waals surface area contributed by atoms with Crippen molar-refractivity contribution in [2.45, 2.75) is 13.0 Å².